The SMILES string of the molecule is O=C(OCCNCc1ccccc1)c1ccncc1. The van der Waals surface area contributed by atoms with E-state index in [1.165, 1.54) is 5.56 Å². The van der Waals surface area contributed by atoms with Crippen molar-refractivity contribution in [3.63, 3.8) is 0 Å². The fraction of sp³-hybridized carbons (Fsp3) is 0.200. The van der Waals surface area contributed by atoms with Gasteiger partial charge in [-0.25, -0.2) is 4.79 Å². The van der Waals surface area contributed by atoms with Gasteiger partial charge in [0.15, 0.2) is 0 Å². The van der Waals surface area contributed by atoms with Crippen molar-refractivity contribution in [3.05, 3.63) is 66.0 Å². The summed E-state index contributed by atoms with van der Waals surface area (Å²) < 4.78 is 5.14. The third kappa shape index (κ3) is 4.52. The molecule has 1 aromatic carbocycles. The summed E-state index contributed by atoms with van der Waals surface area (Å²) in [6.45, 7) is 1.76. The number of carbonyl (C=O) groups is 1. The highest BCUT2D eigenvalue weighted by Crippen LogP contribution is 1.99. The molecule has 0 aliphatic heterocycles. The number of hydrogen-bond acceptors (Lipinski definition) is 4. The van der Waals surface area contributed by atoms with Crippen molar-refractivity contribution in [1.82, 2.24) is 10.3 Å². The van der Waals surface area contributed by atoms with Crippen molar-refractivity contribution in [2.45, 2.75) is 6.54 Å². The molecule has 0 aliphatic carbocycles. The van der Waals surface area contributed by atoms with Crippen LogP contribution in [0.3, 0.4) is 0 Å². The number of nitrogens with one attached hydrogen (secondary N) is 1. The lowest BCUT2D eigenvalue weighted by atomic mass is 10.2. The minimum Gasteiger partial charge on any atom is -0.461 e. The molecule has 0 saturated heterocycles. The van der Waals surface area contributed by atoms with Gasteiger partial charge in [0.05, 0.1) is 5.56 Å². The van der Waals surface area contributed by atoms with Crippen LogP contribution in [0.25, 0.3) is 0 Å². The second-order valence-electron chi connectivity index (χ2n) is 4.03. The van der Waals surface area contributed by atoms with E-state index in [1.807, 2.05) is 18.2 Å². The van der Waals surface area contributed by atoms with Crippen LogP contribution in [0.5, 0.6) is 0 Å². The van der Waals surface area contributed by atoms with Gasteiger partial charge in [0.2, 0.25) is 0 Å². The number of nitrogens with zero attached hydrogens (tertiary/aromatic N) is 1. The maximum atomic E-state index is 11.6. The van der Waals surface area contributed by atoms with E-state index in [-0.39, 0.29) is 5.97 Å². The number of ether oxygens (including phenoxy) is 1. The first-order valence-electron chi connectivity index (χ1n) is 6.18. The number of pyridine rings is 1. The lowest BCUT2D eigenvalue weighted by molar-refractivity contribution is 0.0508. The van der Waals surface area contributed by atoms with Crippen LogP contribution >= 0.6 is 0 Å². The van der Waals surface area contributed by atoms with Crippen molar-refractivity contribution >= 4 is 5.97 Å². The van der Waals surface area contributed by atoms with E-state index in [0.717, 1.165) is 6.54 Å². The van der Waals surface area contributed by atoms with Crippen molar-refractivity contribution in [2.24, 2.45) is 0 Å². The first-order valence-corrected chi connectivity index (χ1v) is 6.18. The Morgan fingerprint density at radius 2 is 1.84 bits per heavy atom. The maximum absolute atomic E-state index is 11.6. The van der Waals surface area contributed by atoms with Crippen molar-refractivity contribution in [2.75, 3.05) is 13.2 Å². The van der Waals surface area contributed by atoms with Crippen molar-refractivity contribution < 1.29 is 9.53 Å². The Labute approximate surface area is 112 Å². The average molecular weight is 256 g/mol. The fourth-order valence-corrected chi connectivity index (χ4v) is 1.62. The summed E-state index contributed by atoms with van der Waals surface area (Å²) in [4.78, 5) is 15.5. The lowest BCUT2D eigenvalue weighted by Gasteiger charge is -2.06. The summed E-state index contributed by atoms with van der Waals surface area (Å²) in [5.74, 6) is -0.316. The molecule has 2 rings (SSSR count). The fourth-order valence-electron chi connectivity index (χ4n) is 1.62. The number of hydrogen-bond donors (Lipinski definition) is 1. The quantitative estimate of drug-likeness (QED) is 0.634. The lowest BCUT2D eigenvalue weighted by Crippen LogP contribution is -2.21. The van der Waals surface area contributed by atoms with Crippen LogP contribution in [-0.2, 0) is 11.3 Å². The Bertz CT molecular complexity index is 500. The molecule has 98 valence electrons. The van der Waals surface area contributed by atoms with E-state index in [9.17, 15) is 4.79 Å². The van der Waals surface area contributed by atoms with Gasteiger partial charge in [-0.15, -0.1) is 0 Å². The van der Waals surface area contributed by atoms with Gasteiger partial charge >= 0.3 is 5.97 Å². The molecule has 2 aromatic rings. The molecular weight excluding hydrogens is 240 g/mol. The third-order valence-corrected chi connectivity index (χ3v) is 2.60. The Hall–Kier alpha value is -2.20. The highest BCUT2D eigenvalue weighted by Gasteiger charge is 2.05. The average Bonchev–Trinajstić information content (AvgIpc) is 2.49. The van der Waals surface area contributed by atoms with Gasteiger partial charge in [0.25, 0.3) is 0 Å². The van der Waals surface area contributed by atoms with E-state index in [0.29, 0.717) is 18.7 Å². The largest absolute Gasteiger partial charge is 0.461 e. The molecule has 1 heterocycles. The zero-order valence-electron chi connectivity index (χ0n) is 10.6. The smallest absolute Gasteiger partial charge is 0.338 e. The maximum Gasteiger partial charge on any atom is 0.338 e. The normalized spacial score (nSPS) is 10.1. The van der Waals surface area contributed by atoms with Gasteiger partial charge < -0.3 is 10.1 Å². The minimum absolute atomic E-state index is 0.316. The van der Waals surface area contributed by atoms with Crippen molar-refractivity contribution in [3.8, 4) is 0 Å². The molecular formula is C15H16N2O2. The van der Waals surface area contributed by atoms with Gasteiger partial charge in [0.1, 0.15) is 6.61 Å². The van der Waals surface area contributed by atoms with Gasteiger partial charge in [-0.1, -0.05) is 30.3 Å². The van der Waals surface area contributed by atoms with E-state index in [4.69, 9.17) is 4.74 Å². The summed E-state index contributed by atoms with van der Waals surface area (Å²) in [5.41, 5.74) is 1.74. The molecule has 0 fully saturated rings. The molecule has 1 aromatic heterocycles. The van der Waals surface area contributed by atoms with Gasteiger partial charge in [-0.3, -0.25) is 4.98 Å². The first-order chi connectivity index (χ1) is 9.36. The summed E-state index contributed by atoms with van der Waals surface area (Å²) in [6.07, 6.45) is 3.15. The van der Waals surface area contributed by atoms with Crippen LogP contribution in [-0.4, -0.2) is 24.1 Å². The second-order valence-corrected chi connectivity index (χ2v) is 4.03. The molecule has 4 heteroatoms. The molecule has 0 spiro atoms. The van der Waals surface area contributed by atoms with Crippen molar-refractivity contribution in [1.29, 1.82) is 0 Å². The highest BCUT2D eigenvalue weighted by atomic mass is 16.5. The molecule has 0 atom stereocenters. The summed E-state index contributed by atoms with van der Waals surface area (Å²) in [5, 5.41) is 3.22. The number of benzene rings is 1. The molecule has 19 heavy (non-hydrogen) atoms. The van der Waals surface area contributed by atoms with Crippen LogP contribution < -0.4 is 5.32 Å². The molecule has 0 aliphatic rings. The summed E-state index contributed by atoms with van der Waals surface area (Å²) >= 11 is 0. The van der Waals surface area contributed by atoms with Crippen LogP contribution in [0.1, 0.15) is 15.9 Å². The monoisotopic (exact) mass is 256 g/mol. The number of aromatic nitrogens is 1. The molecule has 0 radical (unpaired) electrons. The Balaban J connectivity index is 1.63. The summed E-state index contributed by atoms with van der Waals surface area (Å²) in [7, 11) is 0. The summed E-state index contributed by atoms with van der Waals surface area (Å²) in [6, 6.07) is 13.4. The Morgan fingerprint density at radius 1 is 1.11 bits per heavy atom. The van der Waals surface area contributed by atoms with E-state index >= 15 is 0 Å². The number of esters is 1. The topological polar surface area (TPSA) is 51.2 Å². The standard InChI is InChI=1S/C15H16N2O2/c18-15(14-6-8-16-9-7-14)19-11-10-17-12-13-4-2-1-3-5-13/h1-9,17H,10-12H2. The zero-order valence-corrected chi connectivity index (χ0v) is 10.6. The predicted octanol–water partition coefficient (Wildman–Crippen LogP) is 2.03. The minimum atomic E-state index is -0.316. The molecule has 0 amide bonds. The highest BCUT2D eigenvalue weighted by molar-refractivity contribution is 5.89. The molecule has 0 bridgehead atoms. The molecule has 0 unspecified atom stereocenters. The van der Waals surface area contributed by atoms with Crippen LogP contribution in [0.15, 0.2) is 54.9 Å². The predicted molar refractivity (Wildman–Crippen MR) is 72.7 cm³/mol. The van der Waals surface area contributed by atoms with Gasteiger partial charge in [-0.05, 0) is 17.7 Å². The second kappa shape index (κ2) is 7.28. The van der Waals surface area contributed by atoms with E-state index in [2.05, 4.69) is 22.4 Å². The Kier molecular flexibility index (Phi) is 5.07. The van der Waals surface area contributed by atoms with E-state index in [1.54, 1.807) is 24.5 Å². The number of carbonyl (C=O) groups excluding carboxylic acids is 1. The van der Waals surface area contributed by atoms with Crippen LogP contribution in [0.4, 0.5) is 0 Å². The zero-order chi connectivity index (χ0) is 13.3. The molecule has 1 N–H and O–H groups in total. The van der Waals surface area contributed by atoms with E-state index < -0.39 is 0 Å². The Morgan fingerprint density at radius 3 is 2.58 bits per heavy atom. The van der Waals surface area contributed by atoms with Crippen LogP contribution in [0, 0.1) is 0 Å². The number of rotatable bonds is 6. The van der Waals surface area contributed by atoms with Crippen LogP contribution in [0.2, 0.25) is 0 Å². The van der Waals surface area contributed by atoms with Gasteiger partial charge in [0, 0.05) is 25.5 Å². The van der Waals surface area contributed by atoms with Gasteiger partial charge in [-0.2, -0.15) is 0 Å². The first kappa shape index (κ1) is 13.2. The third-order valence-electron chi connectivity index (χ3n) is 2.60. The molecule has 0 saturated carbocycles. The molecule has 4 nitrogen and oxygen atoms in total.